The van der Waals surface area contributed by atoms with Crippen LogP contribution >= 0.6 is 0 Å². The van der Waals surface area contributed by atoms with E-state index in [0.717, 1.165) is 17.5 Å². The highest BCUT2D eigenvalue weighted by atomic mass is 16.2. The molecule has 0 unspecified atom stereocenters. The van der Waals surface area contributed by atoms with Gasteiger partial charge in [-0.15, -0.1) is 0 Å². The lowest BCUT2D eigenvalue weighted by atomic mass is 10.0. The van der Waals surface area contributed by atoms with Gasteiger partial charge in [-0.1, -0.05) is 49.4 Å². The van der Waals surface area contributed by atoms with Crippen molar-refractivity contribution >= 4 is 11.9 Å². The number of carbonyl (C=O) groups is 2. The van der Waals surface area contributed by atoms with Crippen LogP contribution in [0.4, 0.5) is 4.79 Å². The standard InChI is InChI=1S/C18H20N2O2/c1-3-12-20(18(22)19-2)17(21)16-11-7-10-15(13-16)14-8-5-4-6-9-14/h4-11,13H,3,12H2,1-2H3,(H,19,22). The van der Waals surface area contributed by atoms with E-state index in [0.29, 0.717) is 12.1 Å². The van der Waals surface area contributed by atoms with Crippen LogP contribution in [0, 0.1) is 0 Å². The first-order chi connectivity index (χ1) is 10.7. The molecule has 0 radical (unpaired) electrons. The molecule has 2 aromatic carbocycles. The minimum atomic E-state index is -0.378. The number of hydrogen-bond acceptors (Lipinski definition) is 2. The Bertz CT molecular complexity index is 653. The fraction of sp³-hybridized carbons (Fsp3) is 0.222. The third-order valence-electron chi connectivity index (χ3n) is 3.37. The van der Waals surface area contributed by atoms with Crippen molar-refractivity contribution in [3.8, 4) is 11.1 Å². The zero-order valence-electron chi connectivity index (χ0n) is 12.9. The predicted molar refractivity (Wildman–Crippen MR) is 87.7 cm³/mol. The van der Waals surface area contributed by atoms with Gasteiger partial charge in [0.2, 0.25) is 0 Å². The summed E-state index contributed by atoms with van der Waals surface area (Å²) in [6.07, 6.45) is 0.720. The first-order valence-electron chi connectivity index (χ1n) is 7.36. The summed E-state index contributed by atoms with van der Waals surface area (Å²) in [5, 5.41) is 2.51. The molecule has 0 heterocycles. The van der Waals surface area contributed by atoms with Gasteiger partial charge in [-0.05, 0) is 29.7 Å². The molecule has 0 bridgehead atoms. The summed E-state index contributed by atoms with van der Waals surface area (Å²) in [5.74, 6) is -0.279. The van der Waals surface area contributed by atoms with Gasteiger partial charge in [0.05, 0.1) is 0 Å². The van der Waals surface area contributed by atoms with Gasteiger partial charge in [-0.2, -0.15) is 0 Å². The van der Waals surface area contributed by atoms with Crippen molar-refractivity contribution in [2.24, 2.45) is 0 Å². The number of nitrogens with zero attached hydrogens (tertiary/aromatic N) is 1. The lowest BCUT2D eigenvalue weighted by molar-refractivity contribution is 0.0802. The summed E-state index contributed by atoms with van der Waals surface area (Å²) in [4.78, 5) is 25.7. The molecule has 0 atom stereocenters. The molecule has 3 amide bonds. The quantitative estimate of drug-likeness (QED) is 0.938. The molecule has 0 aliphatic carbocycles. The van der Waals surface area contributed by atoms with Gasteiger partial charge in [-0.3, -0.25) is 9.69 Å². The lowest BCUT2D eigenvalue weighted by Gasteiger charge is -2.20. The van der Waals surface area contributed by atoms with Crippen LogP contribution in [0.2, 0.25) is 0 Å². The number of hydrogen-bond donors (Lipinski definition) is 1. The van der Waals surface area contributed by atoms with Crippen molar-refractivity contribution in [3.63, 3.8) is 0 Å². The molecule has 0 saturated heterocycles. The Balaban J connectivity index is 2.32. The number of rotatable bonds is 4. The van der Waals surface area contributed by atoms with Gasteiger partial charge >= 0.3 is 6.03 Å². The van der Waals surface area contributed by atoms with E-state index in [1.807, 2.05) is 55.5 Å². The molecule has 114 valence electrons. The number of nitrogens with one attached hydrogen (secondary N) is 1. The van der Waals surface area contributed by atoms with Crippen molar-refractivity contribution in [3.05, 3.63) is 60.2 Å². The summed E-state index contributed by atoms with van der Waals surface area (Å²) in [5.41, 5.74) is 2.51. The van der Waals surface area contributed by atoms with E-state index in [1.54, 1.807) is 6.07 Å². The fourth-order valence-corrected chi connectivity index (χ4v) is 2.27. The van der Waals surface area contributed by atoms with Crippen LogP contribution in [-0.2, 0) is 0 Å². The number of carbonyl (C=O) groups excluding carboxylic acids is 2. The molecule has 2 aromatic rings. The summed E-state index contributed by atoms with van der Waals surface area (Å²) >= 11 is 0. The molecule has 1 N–H and O–H groups in total. The summed E-state index contributed by atoms with van der Waals surface area (Å²) in [7, 11) is 1.53. The predicted octanol–water partition coefficient (Wildman–Crippen LogP) is 3.55. The number of amides is 3. The second-order valence-corrected chi connectivity index (χ2v) is 4.96. The molecule has 0 saturated carbocycles. The van der Waals surface area contributed by atoms with Gasteiger partial charge in [0, 0.05) is 19.2 Å². The maximum atomic E-state index is 12.6. The highest BCUT2D eigenvalue weighted by Crippen LogP contribution is 2.20. The summed E-state index contributed by atoms with van der Waals surface area (Å²) in [6, 6.07) is 16.8. The fourth-order valence-electron chi connectivity index (χ4n) is 2.27. The number of imide groups is 1. The normalized spacial score (nSPS) is 10.1. The maximum Gasteiger partial charge on any atom is 0.324 e. The highest BCUT2D eigenvalue weighted by Gasteiger charge is 2.21. The molecule has 0 aliphatic heterocycles. The number of urea groups is 1. The van der Waals surface area contributed by atoms with Crippen molar-refractivity contribution in [2.75, 3.05) is 13.6 Å². The van der Waals surface area contributed by atoms with Crippen LogP contribution in [0.15, 0.2) is 54.6 Å². The monoisotopic (exact) mass is 296 g/mol. The third-order valence-corrected chi connectivity index (χ3v) is 3.37. The molecular formula is C18H20N2O2. The van der Waals surface area contributed by atoms with Crippen LogP contribution < -0.4 is 5.32 Å². The molecule has 0 aromatic heterocycles. The first kappa shape index (κ1) is 15.8. The molecule has 22 heavy (non-hydrogen) atoms. The van der Waals surface area contributed by atoms with Gasteiger partial charge in [0.15, 0.2) is 0 Å². The second-order valence-electron chi connectivity index (χ2n) is 4.96. The zero-order valence-corrected chi connectivity index (χ0v) is 12.9. The molecule has 0 spiro atoms. The molecule has 4 nitrogen and oxygen atoms in total. The Hall–Kier alpha value is -2.62. The summed E-state index contributed by atoms with van der Waals surface area (Å²) in [6.45, 7) is 2.33. The zero-order chi connectivity index (χ0) is 15.9. The Labute approximate surface area is 130 Å². The Kier molecular flexibility index (Phi) is 5.31. The van der Waals surface area contributed by atoms with E-state index in [1.165, 1.54) is 11.9 Å². The van der Waals surface area contributed by atoms with Crippen molar-refractivity contribution in [1.29, 1.82) is 0 Å². The first-order valence-corrected chi connectivity index (χ1v) is 7.36. The third kappa shape index (κ3) is 3.52. The molecule has 0 aliphatic rings. The van der Waals surface area contributed by atoms with Crippen molar-refractivity contribution in [1.82, 2.24) is 10.2 Å². The van der Waals surface area contributed by atoms with Crippen LogP contribution in [0.5, 0.6) is 0 Å². The number of benzene rings is 2. The average molecular weight is 296 g/mol. The minimum Gasteiger partial charge on any atom is -0.341 e. The van der Waals surface area contributed by atoms with Gasteiger partial charge in [0.1, 0.15) is 0 Å². The van der Waals surface area contributed by atoms with E-state index >= 15 is 0 Å². The van der Waals surface area contributed by atoms with Crippen LogP contribution in [0.1, 0.15) is 23.7 Å². The largest absolute Gasteiger partial charge is 0.341 e. The van der Waals surface area contributed by atoms with Crippen molar-refractivity contribution in [2.45, 2.75) is 13.3 Å². The molecule has 0 fully saturated rings. The Morgan fingerprint density at radius 1 is 1.00 bits per heavy atom. The Morgan fingerprint density at radius 3 is 2.32 bits per heavy atom. The highest BCUT2D eigenvalue weighted by molar-refractivity contribution is 6.04. The molecular weight excluding hydrogens is 276 g/mol. The average Bonchev–Trinajstić information content (AvgIpc) is 2.59. The van der Waals surface area contributed by atoms with Crippen LogP contribution in [0.3, 0.4) is 0 Å². The smallest absolute Gasteiger partial charge is 0.324 e. The van der Waals surface area contributed by atoms with Gasteiger partial charge < -0.3 is 5.32 Å². The minimum absolute atomic E-state index is 0.279. The van der Waals surface area contributed by atoms with Gasteiger partial charge in [0.25, 0.3) is 5.91 Å². The second kappa shape index (κ2) is 7.41. The summed E-state index contributed by atoms with van der Waals surface area (Å²) < 4.78 is 0. The topological polar surface area (TPSA) is 49.4 Å². The van der Waals surface area contributed by atoms with E-state index in [-0.39, 0.29) is 11.9 Å². The van der Waals surface area contributed by atoms with Crippen LogP contribution in [0.25, 0.3) is 11.1 Å². The van der Waals surface area contributed by atoms with E-state index in [2.05, 4.69) is 5.32 Å². The molecule has 4 heteroatoms. The van der Waals surface area contributed by atoms with Crippen molar-refractivity contribution < 1.29 is 9.59 Å². The van der Waals surface area contributed by atoms with E-state index in [9.17, 15) is 9.59 Å². The molecule has 2 rings (SSSR count). The van der Waals surface area contributed by atoms with Gasteiger partial charge in [-0.25, -0.2) is 4.79 Å². The van der Waals surface area contributed by atoms with Crippen LogP contribution in [-0.4, -0.2) is 30.4 Å². The Morgan fingerprint density at radius 2 is 1.68 bits per heavy atom. The lowest BCUT2D eigenvalue weighted by Crippen LogP contribution is -2.42. The SMILES string of the molecule is CCCN(C(=O)NC)C(=O)c1cccc(-c2ccccc2)c1. The van der Waals surface area contributed by atoms with E-state index in [4.69, 9.17) is 0 Å². The van der Waals surface area contributed by atoms with E-state index < -0.39 is 0 Å². The maximum absolute atomic E-state index is 12.6.